The SMILES string of the molecule is CCc1nn(C)c2nc(Cl)nc(NCc3ccc(Cl)c(Cl)c3)c12. The van der Waals surface area contributed by atoms with Crippen LogP contribution >= 0.6 is 34.8 Å². The zero-order valence-electron chi connectivity index (χ0n) is 12.6. The zero-order chi connectivity index (χ0) is 16.6. The summed E-state index contributed by atoms with van der Waals surface area (Å²) in [4.78, 5) is 8.57. The number of nitrogens with zero attached hydrogens (tertiary/aromatic N) is 4. The van der Waals surface area contributed by atoms with E-state index < -0.39 is 0 Å². The Morgan fingerprint density at radius 2 is 1.91 bits per heavy atom. The molecule has 2 aromatic heterocycles. The maximum absolute atomic E-state index is 6.05. The van der Waals surface area contributed by atoms with Crippen LogP contribution in [0.1, 0.15) is 18.2 Å². The van der Waals surface area contributed by atoms with Gasteiger partial charge >= 0.3 is 0 Å². The third-order valence-electron chi connectivity index (χ3n) is 3.51. The van der Waals surface area contributed by atoms with Crippen LogP contribution in [-0.2, 0) is 20.0 Å². The molecule has 1 N–H and O–H groups in total. The Morgan fingerprint density at radius 1 is 1.13 bits per heavy atom. The van der Waals surface area contributed by atoms with E-state index in [2.05, 4.69) is 20.4 Å². The highest BCUT2D eigenvalue weighted by Crippen LogP contribution is 2.27. The highest BCUT2D eigenvalue weighted by Gasteiger charge is 2.15. The van der Waals surface area contributed by atoms with Crippen LogP contribution in [0.25, 0.3) is 11.0 Å². The quantitative estimate of drug-likeness (QED) is 0.687. The van der Waals surface area contributed by atoms with Crippen LogP contribution in [0.4, 0.5) is 5.82 Å². The number of aryl methyl sites for hydroxylation is 2. The molecule has 0 amide bonds. The number of benzene rings is 1. The van der Waals surface area contributed by atoms with E-state index >= 15 is 0 Å². The van der Waals surface area contributed by atoms with Crippen LogP contribution in [0, 0.1) is 0 Å². The fraction of sp³-hybridized carbons (Fsp3) is 0.267. The lowest BCUT2D eigenvalue weighted by molar-refractivity contribution is 0.761. The molecule has 0 radical (unpaired) electrons. The van der Waals surface area contributed by atoms with E-state index in [4.69, 9.17) is 34.8 Å². The fourth-order valence-electron chi connectivity index (χ4n) is 2.41. The second kappa shape index (κ2) is 6.51. The van der Waals surface area contributed by atoms with Gasteiger partial charge in [-0.05, 0) is 35.7 Å². The Labute approximate surface area is 148 Å². The molecule has 5 nitrogen and oxygen atoms in total. The Morgan fingerprint density at radius 3 is 2.61 bits per heavy atom. The van der Waals surface area contributed by atoms with E-state index in [1.165, 1.54) is 0 Å². The normalized spacial score (nSPS) is 11.2. The summed E-state index contributed by atoms with van der Waals surface area (Å²) in [6, 6.07) is 5.50. The van der Waals surface area contributed by atoms with Crippen molar-refractivity contribution in [1.29, 1.82) is 0 Å². The minimum absolute atomic E-state index is 0.180. The lowest BCUT2D eigenvalue weighted by Gasteiger charge is -2.09. The van der Waals surface area contributed by atoms with Gasteiger partial charge in [0.05, 0.1) is 21.1 Å². The molecule has 2 heterocycles. The average molecular weight is 371 g/mol. The molecule has 3 rings (SSSR count). The van der Waals surface area contributed by atoms with E-state index in [0.717, 1.165) is 23.1 Å². The number of halogens is 3. The predicted octanol–water partition coefficient (Wildman–Crippen LogP) is 4.50. The highest BCUT2D eigenvalue weighted by atomic mass is 35.5. The van der Waals surface area contributed by atoms with Crippen molar-refractivity contribution in [3.8, 4) is 0 Å². The molecule has 3 aromatic rings. The van der Waals surface area contributed by atoms with Crippen LogP contribution in [-0.4, -0.2) is 19.7 Å². The number of anilines is 1. The second-order valence-electron chi connectivity index (χ2n) is 5.07. The largest absolute Gasteiger partial charge is 0.365 e. The van der Waals surface area contributed by atoms with E-state index in [0.29, 0.717) is 28.1 Å². The van der Waals surface area contributed by atoms with E-state index in [-0.39, 0.29) is 5.28 Å². The van der Waals surface area contributed by atoms with Crippen LogP contribution in [0.3, 0.4) is 0 Å². The van der Waals surface area contributed by atoms with E-state index in [9.17, 15) is 0 Å². The second-order valence-corrected chi connectivity index (χ2v) is 6.22. The van der Waals surface area contributed by atoms with Crippen LogP contribution in [0.5, 0.6) is 0 Å². The fourth-order valence-corrected chi connectivity index (χ4v) is 2.90. The highest BCUT2D eigenvalue weighted by molar-refractivity contribution is 6.42. The van der Waals surface area contributed by atoms with Gasteiger partial charge in [-0.3, -0.25) is 0 Å². The summed E-state index contributed by atoms with van der Waals surface area (Å²) in [6.07, 6.45) is 0.782. The molecule has 0 spiro atoms. The number of aromatic nitrogens is 4. The smallest absolute Gasteiger partial charge is 0.226 e. The first kappa shape index (κ1) is 16.3. The third-order valence-corrected chi connectivity index (χ3v) is 4.42. The Hall–Kier alpha value is -1.56. The first-order valence-electron chi connectivity index (χ1n) is 7.06. The zero-order valence-corrected chi connectivity index (χ0v) is 14.8. The molecule has 0 aliphatic carbocycles. The van der Waals surface area contributed by atoms with Crippen molar-refractivity contribution in [2.24, 2.45) is 7.05 Å². The van der Waals surface area contributed by atoms with Gasteiger partial charge in [0, 0.05) is 13.6 Å². The van der Waals surface area contributed by atoms with Gasteiger partial charge in [-0.2, -0.15) is 15.1 Å². The number of nitrogens with one attached hydrogen (secondary N) is 1. The molecule has 0 unspecified atom stereocenters. The van der Waals surface area contributed by atoms with Gasteiger partial charge in [0.15, 0.2) is 5.65 Å². The topological polar surface area (TPSA) is 55.6 Å². The van der Waals surface area contributed by atoms with Crippen molar-refractivity contribution in [2.75, 3.05) is 5.32 Å². The summed E-state index contributed by atoms with van der Waals surface area (Å²) in [5.41, 5.74) is 2.62. The van der Waals surface area contributed by atoms with Gasteiger partial charge in [-0.25, -0.2) is 4.68 Å². The predicted molar refractivity (Wildman–Crippen MR) is 94.5 cm³/mol. The first-order chi connectivity index (χ1) is 11.0. The molecule has 0 saturated carbocycles. The van der Waals surface area contributed by atoms with Crippen LogP contribution in [0.2, 0.25) is 15.3 Å². The molecule has 120 valence electrons. The Bertz CT molecular complexity index is 875. The van der Waals surface area contributed by atoms with Crippen LogP contribution < -0.4 is 5.32 Å². The molecular formula is C15H14Cl3N5. The third kappa shape index (κ3) is 3.22. The Balaban J connectivity index is 1.97. The van der Waals surface area contributed by atoms with Crippen LogP contribution in [0.15, 0.2) is 18.2 Å². The molecular weight excluding hydrogens is 357 g/mol. The summed E-state index contributed by atoms with van der Waals surface area (Å²) in [7, 11) is 1.84. The number of hydrogen-bond donors (Lipinski definition) is 1. The van der Waals surface area contributed by atoms with Crippen molar-refractivity contribution < 1.29 is 0 Å². The van der Waals surface area contributed by atoms with Crippen molar-refractivity contribution in [1.82, 2.24) is 19.7 Å². The van der Waals surface area contributed by atoms with E-state index in [1.807, 2.05) is 26.1 Å². The minimum Gasteiger partial charge on any atom is -0.365 e. The Kier molecular flexibility index (Phi) is 4.62. The summed E-state index contributed by atoms with van der Waals surface area (Å²) in [5, 5.41) is 9.88. The maximum atomic E-state index is 6.05. The van der Waals surface area contributed by atoms with Gasteiger partial charge in [0.1, 0.15) is 5.82 Å². The maximum Gasteiger partial charge on any atom is 0.226 e. The number of hydrogen-bond acceptors (Lipinski definition) is 4. The summed E-state index contributed by atoms with van der Waals surface area (Å²) in [5.74, 6) is 0.663. The standard InChI is InChI=1S/C15H14Cl3N5/c1-3-11-12-13(20-15(18)21-14(12)23(2)22-11)19-7-8-4-5-9(16)10(17)6-8/h4-6H,3,7H2,1-2H3,(H,19,20,21). The monoisotopic (exact) mass is 369 g/mol. The molecule has 0 atom stereocenters. The van der Waals surface area contributed by atoms with Gasteiger partial charge in [0.2, 0.25) is 5.28 Å². The molecule has 0 aliphatic heterocycles. The lowest BCUT2D eigenvalue weighted by atomic mass is 10.2. The van der Waals surface area contributed by atoms with Gasteiger partial charge in [0.25, 0.3) is 0 Å². The molecule has 0 fully saturated rings. The minimum atomic E-state index is 0.180. The lowest BCUT2D eigenvalue weighted by Crippen LogP contribution is -2.04. The first-order valence-corrected chi connectivity index (χ1v) is 8.20. The molecule has 0 aliphatic rings. The van der Waals surface area contributed by atoms with Crippen molar-refractivity contribution in [3.63, 3.8) is 0 Å². The number of rotatable bonds is 4. The van der Waals surface area contributed by atoms with Gasteiger partial charge in [-0.1, -0.05) is 36.2 Å². The van der Waals surface area contributed by atoms with Crippen molar-refractivity contribution >= 4 is 51.7 Å². The van der Waals surface area contributed by atoms with Crippen molar-refractivity contribution in [2.45, 2.75) is 19.9 Å². The molecule has 1 aromatic carbocycles. The molecule has 0 saturated heterocycles. The van der Waals surface area contributed by atoms with Gasteiger partial charge < -0.3 is 5.32 Å². The molecule has 8 heteroatoms. The summed E-state index contributed by atoms with van der Waals surface area (Å²) < 4.78 is 1.71. The molecule has 0 bridgehead atoms. The van der Waals surface area contributed by atoms with E-state index in [1.54, 1.807) is 10.7 Å². The average Bonchev–Trinajstić information content (AvgIpc) is 2.84. The summed E-state index contributed by atoms with van der Waals surface area (Å²) >= 11 is 18.0. The van der Waals surface area contributed by atoms with Gasteiger partial charge in [-0.15, -0.1) is 0 Å². The van der Waals surface area contributed by atoms with Crippen molar-refractivity contribution in [3.05, 3.63) is 44.8 Å². The molecule has 23 heavy (non-hydrogen) atoms. The number of fused-ring (bicyclic) bond motifs is 1. The summed E-state index contributed by atoms with van der Waals surface area (Å²) in [6.45, 7) is 2.58.